The van der Waals surface area contributed by atoms with Crippen LogP contribution in [0.3, 0.4) is 0 Å². The highest BCUT2D eigenvalue weighted by atomic mass is 16.2. The number of hydrazine groups is 1. The van der Waals surface area contributed by atoms with Gasteiger partial charge in [-0.2, -0.15) is 0 Å². The average molecular weight is 176 g/mol. The molecule has 0 bridgehead atoms. The summed E-state index contributed by atoms with van der Waals surface area (Å²) in [5.41, 5.74) is 0.664. The van der Waals surface area contributed by atoms with Gasteiger partial charge in [0.25, 0.3) is 5.91 Å². The van der Waals surface area contributed by atoms with Crippen molar-refractivity contribution in [2.75, 3.05) is 0 Å². The molecule has 2 N–H and O–H groups in total. The van der Waals surface area contributed by atoms with Crippen LogP contribution in [0.1, 0.15) is 23.2 Å². The van der Waals surface area contributed by atoms with Crippen LogP contribution in [-0.4, -0.2) is 17.0 Å². The van der Waals surface area contributed by atoms with Crippen molar-refractivity contribution in [1.82, 2.24) is 5.01 Å². The monoisotopic (exact) mass is 176 g/mol. The van der Waals surface area contributed by atoms with Gasteiger partial charge in [0, 0.05) is 11.6 Å². The molecule has 0 unspecified atom stereocenters. The van der Waals surface area contributed by atoms with Crippen LogP contribution in [0, 0.1) is 0 Å². The Morgan fingerprint density at radius 2 is 1.92 bits per heavy atom. The van der Waals surface area contributed by atoms with E-state index in [0.29, 0.717) is 5.56 Å². The Morgan fingerprint density at radius 3 is 2.46 bits per heavy atom. The summed E-state index contributed by atoms with van der Waals surface area (Å²) < 4.78 is 0. The minimum absolute atomic E-state index is 0.0805. The van der Waals surface area contributed by atoms with Gasteiger partial charge in [-0.1, -0.05) is 18.2 Å². The van der Waals surface area contributed by atoms with E-state index in [0.717, 1.165) is 12.8 Å². The summed E-state index contributed by atoms with van der Waals surface area (Å²) in [4.78, 5) is 11.6. The van der Waals surface area contributed by atoms with Crippen LogP contribution in [0.2, 0.25) is 0 Å². The summed E-state index contributed by atoms with van der Waals surface area (Å²) in [6.07, 6.45) is 2.07. The van der Waals surface area contributed by atoms with Crippen LogP contribution in [-0.2, 0) is 0 Å². The van der Waals surface area contributed by atoms with E-state index in [9.17, 15) is 4.79 Å². The van der Waals surface area contributed by atoms with E-state index in [1.807, 2.05) is 18.2 Å². The van der Waals surface area contributed by atoms with E-state index < -0.39 is 0 Å². The summed E-state index contributed by atoms with van der Waals surface area (Å²) in [7, 11) is 0. The standard InChI is InChI=1S/C10H12N2O/c11-12(9-6-7-9)10(13)8-4-2-1-3-5-8/h1-5,9H,6-7,11H2. The van der Waals surface area contributed by atoms with Gasteiger partial charge in [0.15, 0.2) is 0 Å². The predicted octanol–water partition coefficient (Wildman–Crippen LogP) is 1.16. The minimum Gasteiger partial charge on any atom is -0.274 e. The van der Waals surface area contributed by atoms with Crippen LogP contribution in [0.25, 0.3) is 0 Å². The Morgan fingerprint density at radius 1 is 1.31 bits per heavy atom. The SMILES string of the molecule is NN(C(=O)c1ccccc1)C1CC1. The summed E-state index contributed by atoms with van der Waals surface area (Å²) >= 11 is 0. The van der Waals surface area contributed by atoms with Gasteiger partial charge >= 0.3 is 0 Å². The Kier molecular flexibility index (Phi) is 2.02. The lowest BCUT2D eigenvalue weighted by Crippen LogP contribution is -2.39. The second-order valence-corrected chi connectivity index (χ2v) is 3.31. The third-order valence-electron chi connectivity index (χ3n) is 2.20. The first kappa shape index (κ1) is 8.26. The zero-order valence-electron chi connectivity index (χ0n) is 7.31. The minimum atomic E-state index is -0.0805. The second-order valence-electron chi connectivity index (χ2n) is 3.31. The van der Waals surface area contributed by atoms with Crippen molar-refractivity contribution in [2.45, 2.75) is 18.9 Å². The molecule has 1 amide bonds. The molecule has 1 aliphatic carbocycles. The molecule has 0 aliphatic heterocycles. The van der Waals surface area contributed by atoms with Gasteiger partial charge < -0.3 is 0 Å². The zero-order chi connectivity index (χ0) is 9.26. The fourth-order valence-electron chi connectivity index (χ4n) is 1.25. The molecule has 1 saturated carbocycles. The lowest BCUT2D eigenvalue weighted by atomic mass is 10.2. The first-order valence-corrected chi connectivity index (χ1v) is 4.42. The predicted molar refractivity (Wildman–Crippen MR) is 49.8 cm³/mol. The van der Waals surface area contributed by atoms with E-state index in [-0.39, 0.29) is 11.9 Å². The molecule has 3 heteroatoms. The number of amides is 1. The first-order chi connectivity index (χ1) is 6.29. The molecule has 0 saturated heterocycles. The first-order valence-electron chi connectivity index (χ1n) is 4.42. The normalized spacial score (nSPS) is 15.5. The zero-order valence-corrected chi connectivity index (χ0v) is 7.31. The van der Waals surface area contributed by atoms with Crippen LogP contribution in [0.15, 0.2) is 30.3 Å². The highest BCUT2D eigenvalue weighted by molar-refractivity contribution is 5.94. The van der Waals surface area contributed by atoms with Crippen molar-refractivity contribution in [2.24, 2.45) is 5.84 Å². The van der Waals surface area contributed by atoms with Crippen molar-refractivity contribution in [3.8, 4) is 0 Å². The number of benzene rings is 1. The Labute approximate surface area is 77.1 Å². The van der Waals surface area contributed by atoms with Crippen LogP contribution in [0.5, 0.6) is 0 Å². The highest BCUT2D eigenvalue weighted by Crippen LogP contribution is 2.25. The fraction of sp³-hybridized carbons (Fsp3) is 0.300. The van der Waals surface area contributed by atoms with Gasteiger partial charge in [-0.05, 0) is 25.0 Å². The van der Waals surface area contributed by atoms with Crippen molar-refractivity contribution in [1.29, 1.82) is 0 Å². The number of hydrogen-bond donors (Lipinski definition) is 1. The third-order valence-corrected chi connectivity index (χ3v) is 2.20. The quantitative estimate of drug-likeness (QED) is 0.417. The van der Waals surface area contributed by atoms with Crippen LogP contribution >= 0.6 is 0 Å². The molecule has 0 atom stereocenters. The number of hydrogen-bond acceptors (Lipinski definition) is 2. The molecular formula is C10H12N2O. The maximum Gasteiger partial charge on any atom is 0.268 e. The molecule has 3 nitrogen and oxygen atoms in total. The molecule has 2 rings (SSSR count). The Bertz CT molecular complexity index is 306. The largest absolute Gasteiger partial charge is 0.274 e. The van der Waals surface area contributed by atoms with E-state index in [4.69, 9.17) is 5.84 Å². The molecule has 0 radical (unpaired) electrons. The van der Waals surface area contributed by atoms with Gasteiger partial charge in [0.1, 0.15) is 0 Å². The van der Waals surface area contributed by atoms with Gasteiger partial charge in [0.05, 0.1) is 0 Å². The van der Waals surface area contributed by atoms with Crippen LogP contribution in [0.4, 0.5) is 0 Å². The van der Waals surface area contributed by atoms with Gasteiger partial charge in [0.2, 0.25) is 0 Å². The van der Waals surface area contributed by atoms with Crippen molar-refractivity contribution in [3.63, 3.8) is 0 Å². The Balaban J connectivity index is 2.12. The average Bonchev–Trinajstić information content (AvgIpc) is 3.00. The molecular weight excluding hydrogens is 164 g/mol. The van der Waals surface area contributed by atoms with Crippen molar-refractivity contribution in [3.05, 3.63) is 35.9 Å². The summed E-state index contributed by atoms with van der Waals surface area (Å²) in [5.74, 6) is 5.56. The molecule has 1 aromatic rings. The topological polar surface area (TPSA) is 46.3 Å². The number of nitrogens with two attached hydrogens (primary N) is 1. The highest BCUT2D eigenvalue weighted by Gasteiger charge is 2.30. The van der Waals surface area contributed by atoms with Crippen LogP contribution < -0.4 is 5.84 Å². The molecule has 1 aliphatic rings. The summed E-state index contributed by atoms with van der Waals surface area (Å²) in [6.45, 7) is 0. The lowest BCUT2D eigenvalue weighted by molar-refractivity contribution is 0.0743. The molecule has 1 aromatic carbocycles. The van der Waals surface area contributed by atoms with Crippen molar-refractivity contribution < 1.29 is 4.79 Å². The lowest BCUT2D eigenvalue weighted by Gasteiger charge is -2.15. The summed E-state index contributed by atoms with van der Waals surface area (Å²) in [5, 5.41) is 1.34. The fourth-order valence-corrected chi connectivity index (χ4v) is 1.25. The molecule has 0 aromatic heterocycles. The van der Waals surface area contributed by atoms with Gasteiger partial charge in [-0.3, -0.25) is 9.80 Å². The smallest absolute Gasteiger partial charge is 0.268 e. The van der Waals surface area contributed by atoms with E-state index >= 15 is 0 Å². The molecule has 13 heavy (non-hydrogen) atoms. The molecule has 68 valence electrons. The third kappa shape index (κ3) is 1.70. The summed E-state index contributed by atoms with van der Waals surface area (Å²) in [6, 6.07) is 9.40. The molecule has 0 heterocycles. The number of nitrogens with zero attached hydrogens (tertiary/aromatic N) is 1. The number of carbonyl (C=O) groups is 1. The molecule has 1 fully saturated rings. The molecule has 0 spiro atoms. The van der Waals surface area contributed by atoms with Crippen molar-refractivity contribution >= 4 is 5.91 Å². The van der Waals surface area contributed by atoms with E-state index in [1.165, 1.54) is 5.01 Å². The number of carbonyl (C=O) groups excluding carboxylic acids is 1. The van der Waals surface area contributed by atoms with E-state index in [2.05, 4.69) is 0 Å². The van der Waals surface area contributed by atoms with E-state index in [1.54, 1.807) is 12.1 Å². The maximum absolute atomic E-state index is 11.6. The van der Waals surface area contributed by atoms with Gasteiger partial charge in [-0.15, -0.1) is 0 Å². The maximum atomic E-state index is 11.6. The second kappa shape index (κ2) is 3.18. The number of rotatable bonds is 2. The Hall–Kier alpha value is -1.35. The van der Waals surface area contributed by atoms with Gasteiger partial charge in [-0.25, -0.2) is 5.84 Å².